The first kappa shape index (κ1) is 9.53. The van der Waals surface area contributed by atoms with Crippen molar-refractivity contribution in [3.05, 3.63) is 17.5 Å². The van der Waals surface area contributed by atoms with E-state index in [0.29, 0.717) is 18.2 Å². The molecule has 84 valence electrons. The number of nitrogens with zero attached hydrogens (tertiary/aromatic N) is 3. The minimum absolute atomic E-state index is 0.0891. The number of rotatable bonds is 1. The van der Waals surface area contributed by atoms with E-state index in [1.54, 1.807) is 6.20 Å². The summed E-state index contributed by atoms with van der Waals surface area (Å²) in [6, 6.07) is 0. The zero-order valence-electron chi connectivity index (χ0n) is 8.86. The molecule has 0 atom stereocenters. The van der Waals surface area contributed by atoms with Crippen molar-refractivity contribution in [1.29, 1.82) is 0 Å². The second-order valence-electron chi connectivity index (χ2n) is 3.96. The predicted octanol–water partition coefficient (Wildman–Crippen LogP) is -0.870. The van der Waals surface area contributed by atoms with E-state index in [4.69, 9.17) is 0 Å². The highest BCUT2D eigenvalue weighted by Crippen LogP contribution is 2.16. The lowest BCUT2D eigenvalue weighted by atomic mass is 10.3. The van der Waals surface area contributed by atoms with Gasteiger partial charge < -0.3 is 15.5 Å². The van der Waals surface area contributed by atoms with Gasteiger partial charge in [0.05, 0.1) is 0 Å². The Hall–Kier alpha value is -1.69. The molecule has 2 aliphatic heterocycles. The monoisotopic (exact) mass is 219 g/mol. The van der Waals surface area contributed by atoms with E-state index in [9.17, 15) is 4.79 Å². The summed E-state index contributed by atoms with van der Waals surface area (Å²) in [5, 5.41) is 6.01. The SMILES string of the molecule is O=C1NCc2cnc(N3CCNCC3)nc21. The molecule has 1 amide bonds. The number of anilines is 1. The van der Waals surface area contributed by atoms with Gasteiger partial charge in [0, 0.05) is 44.5 Å². The van der Waals surface area contributed by atoms with E-state index in [1.807, 2.05) is 0 Å². The average Bonchev–Trinajstić information content (AvgIpc) is 2.72. The number of carbonyl (C=O) groups is 1. The Labute approximate surface area is 93.1 Å². The second kappa shape index (κ2) is 3.71. The first-order valence-electron chi connectivity index (χ1n) is 5.44. The quantitative estimate of drug-likeness (QED) is 0.642. The van der Waals surface area contributed by atoms with Crippen LogP contribution in [-0.4, -0.2) is 42.1 Å². The molecule has 1 fully saturated rings. The molecule has 2 aliphatic rings. The fourth-order valence-electron chi connectivity index (χ4n) is 2.00. The van der Waals surface area contributed by atoms with Crippen LogP contribution in [0.3, 0.4) is 0 Å². The number of aromatic nitrogens is 2. The molecule has 0 aromatic carbocycles. The van der Waals surface area contributed by atoms with Gasteiger partial charge in [-0.25, -0.2) is 9.97 Å². The van der Waals surface area contributed by atoms with Gasteiger partial charge in [-0.3, -0.25) is 4.79 Å². The zero-order chi connectivity index (χ0) is 11.0. The maximum absolute atomic E-state index is 11.5. The number of nitrogens with one attached hydrogen (secondary N) is 2. The van der Waals surface area contributed by atoms with Crippen molar-refractivity contribution in [1.82, 2.24) is 20.6 Å². The smallest absolute Gasteiger partial charge is 0.270 e. The summed E-state index contributed by atoms with van der Waals surface area (Å²) < 4.78 is 0. The minimum Gasteiger partial charge on any atom is -0.346 e. The van der Waals surface area contributed by atoms with Crippen LogP contribution in [0.1, 0.15) is 16.1 Å². The largest absolute Gasteiger partial charge is 0.346 e. The molecule has 0 unspecified atom stereocenters. The standard InChI is InChI=1S/C10H13N5O/c16-9-8-7(5-12-9)6-13-10(14-8)15-3-1-11-2-4-15/h6,11H,1-5H2,(H,12,16). The topological polar surface area (TPSA) is 70.2 Å². The van der Waals surface area contributed by atoms with Gasteiger partial charge in [-0.1, -0.05) is 0 Å². The Morgan fingerprint density at radius 1 is 1.31 bits per heavy atom. The number of piperazine rings is 1. The van der Waals surface area contributed by atoms with Gasteiger partial charge in [-0.2, -0.15) is 0 Å². The van der Waals surface area contributed by atoms with Crippen molar-refractivity contribution >= 4 is 11.9 Å². The van der Waals surface area contributed by atoms with E-state index < -0.39 is 0 Å². The van der Waals surface area contributed by atoms with Crippen molar-refractivity contribution in [2.45, 2.75) is 6.54 Å². The van der Waals surface area contributed by atoms with E-state index >= 15 is 0 Å². The maximum Gasteiger partial charge on any atom is 0.270 e. The third kappa shape index (κ3) is 1.51. The Bertz CT molecular complexity index is 427. The Morgan fingerprint density at radius 2 is 2.12 bits per heavy atom. The highest BCUT2D eigenvalue weighted by atomic mass is 16.2. The first-order valence-corrected chi connectivity index (χ1v) is 5.44. The van der Waals surface area contributed by atoms with Crippen LogP contribution in [0.25, 0.3) is 0 Å². The maximum atomic E-state index is 11.5. The molecule has 1 aromatic heterocycles. The summed E-state index contributed by atoms with van der Waals surface area (Å²) in [6.07, 6.45) is 1.75. The molecular weight excluding hydrogens is 206 g/mol. The fraction of sp³-hybridized carbons (Fsp3) is 0.500. The molecule has 6 heteroatoms. The van der Waals surface area contributed by atoms with Crippen molar-refractivity contribution in [3.8, 4) is 0 Å². The third-order valence-corrected chi connectivity index (χ3v) is 2.91. The third-order valence-electron chi connectivity index (χ3n) is 2.91. The fourth-order valence-corrected chi connectivity index (χ4v) is 2.00. The first-order chi connectivity index (χ1) is 7.84. The lowest BCUT2D eigenvalue weighted by Crippen LogP contribution is -2.44. The Morgan fingerprint density at radius 3 is 2.94 bits per heavy atom. The molecule has 1 aromatic rings. The molecular formula is C10H13N5O. The molecule has 0 spiro atoms. The van der Waals surface area contributed by atoms with Gasteiger partial charge in [0.15, 0.2) is 0 Å². The van der Waals surface area contributed by atoms with Crippen LogP contribution in [0.5, 0.6) is 0 Å². The number of fused-ring (bicyclic) bond motifs is 1. The number of amides is 1. The highest BCUT2D eigenvalue weighted by Gasteiger charge is 2.23. The normalized spacial score (nSPS) is 19.5. The van der Waals surface area contributed by atoms with E-state index in [-0.39, 0.29) is 5.91 Å². The van der Waals surface area contributed by atoms with Gasteiger partial charge in [0.2, 0.25) is 5.95 Å². The van der Waals surface area contributed by atoms with Crippen LogP contribution in [-0.2, 0) is 6.54 Å². The van der Waals surface area contributed by atoms with Crippen molar-refractivity contribution in [2.24, 2.45) is 0 Å². The molecule has 0 saturated carbocycles. The molecule has 0 aliphatic carbocycles. The number of hydrogen-bond donors (Lipinski definition) is 2. The van der Waals surface area contributed by atoms with Crippen molar-refractivity contribution < 1.29 is 4.79 Å². The number of carbonyl (C=O) groups excluding carboxylic acids is 1. The predicted molar refractivity (Wildman–Crippen MR) is 58.3 cm³/mol. The number of hydrogen-bond acceptors (Lipinski definition) is 5. The molecule has 3 heterocycles. The second-order valence-corrected chi connectivity index (χ2v) is 3.96. The van der Waals surface area contributed by atoms with Crippen molar-refractivity contribution in [3.63, 3.8) is 0 Å². The summed E-state index contributed by atoms with van der Waals surface area (Å²) >= 11 is 0. The minimum atomic E-state index is -0.0891. The Kier molecular flexibility index (Phi) is 2.21. The molecule has 6 nitrogen and oxygen atoms in total. The van der Waals surface area contributed by atoms with E-state index in [0.717, 1.165) is 31.7 Å². The molecule has 0 bridgehead atoms. The average molecular weight is 219 g/mol. The van der Waals surface area contributed by atoms with Gasteiger partial charge in [-0.05, 0) is 0 Å². The van der Waals surface area contributed by atoms with Crippen LogP contribution >= 0.6 is 0 Å². The molecule has 3 rings (SSSR count). The van der Waals surface area contributed by atoms with Gasteiger partial charge in [0.1, 0.15) is 5.69 Å². The van der Waals surface area contributed by atoms with Crippen LogP contribution in [0.15, 0.2) is 6.20 Å². The molecule has 16 heavy (non-hydrogen) atoms. The lowest BCUT2D eigenvalue weighted by Gasteiger charge is -2.27. The highest BCUT2D eigenvalue weighted by molar-refractivity contribution is 5.96. The summed E-state index contributed by atoms with van der Waals surface area (Å²) in [7, 11) is 0. The summed E-state index contributed by atoms with van der Waals surface area (Å²) in [4.78, 5) is 22.2. The van der Waals surface area contributed by atoms with Gasteiger partial charge in [-0.15, -0.1) is 0 Å². The van der Waals surface area contributed by atoms with E-state index in [2.05, 4.69) is 25.5 Å². The van der Waals surface area contributed by atoms with Gasteiger partial charge in [0.25, 0.3) is 5.91 Å². The molecule has 2 N–H and O–H groups in total. The lowest BCUT2D eigenvalue weighted by molar-refractivity contribution is 0.0961. The van der Waals surface area contributed by atoms with Crippen LogP contribution in [0.4, 0.5) is 5.95 Å². The summed E-state index contributed by atoms with van der Waals surface area (Å²) in [5.74, 6) is 0.575. The van der Waals surface area contributed by atoms with Crippen LogP contribution in [0, 0.1) is 0 Å². The van der Waals surface area contributed by atoms with Crippen molar-refractivity contribution in [2.75, 3.05) is 31.1 Å². The Balaban J connectivity index is 1.91. The summed E-state index contributed by atoms with van der Waals surface area (Å²) in [5.41, 5.74) is 1.42. The van der Waals surface area contributed by atoms with Crippen LogP contribution < -0.4 is 15.5 Å². The zero-order valence-corrected chi connectivity index (χ0v) is 8.86. The molecule has 1 saturated heterocycles. The van der Waals surface area contributed by atoms with Gasteiger partial charge >= 0.3 is 0 Å². The van der Waals surface area contributed by atoms with E-state index in [1.165, 1.54) is 0 Å². The molecule has 0 radical (unpaired) electrons. The summed E-state index contributed by atoms with van der Waals surface area (Å²) in [6.45, 7) is 4.20. The van der Waals surface area contributed by atoms with Crippen LogP contribution in [0.2, 0.25) is 0 Å².